The van der Waals surface area contributed by atoms with E-state index in [0.29, 0.717) is 5.92 Å². The Kier molecular flexibility index (Phi) is 1.87. The van der Waals surface area contributed by atoms with Crippen LogP contribution in [-0.4, -0.2) is 27.4 Å². The van der Waals surface area contributed by atoms with Crippen LogP contribution in [0, 0.1) is 5.92 Å². The topological polar surface area (TPSA) is 90.4 Å². The Balaban J connectivity index is 1.97. The van der Waals surface area contributed by atoms with Crippen molar-refractivity contribution in [2.45, 2.75) is 24.7 Å². The van der Waals surface area contributed by atoms with Crippen LogP contribution in [-0.2, 0) is 10.5 Å². The van der Waals surface area contributed by atoms with Crippen LogP contribution < -0.4 is 11.4 Å². The number of aromatic nitrogens is 2. The molecule has 0 aromatic carbocycles. The molecule has 1 aliphatic carbocycles. The van der Waals surface area contributed by atoms with E-state index in [4.69, 9.17) is 15.6 Å². The van der Waals surface area contributed by atoms with E-state index in [1.54, 1.807) is 12.3 Å². The second-order valence-electron chi connectivity index (χ2n) is 4.41. The first-order chi connectivity index (χ1) is 7.65. The number of hydrogen-bond donors (Lipinski definition) is 2. The van der Waals surface area contributed by atoms with Crippen LogP contribution >= 0.6 is 0 Å². The molecule has 6 nitrogen and oxygen atoms in total. The van der Waals surface area contributed by atoms with Gasteiger partial charge in [0.15, 0.2) is 5.72 Å². The molecule has 6 heteroatoms. The van der Waals surface area contributed by atoms with Gasteiger partial charge in [-0.3, -0.25) is 4.57 Å². The summed E-state index contributed by atoms with van der Waals surface area (Å²) in [4.78, 5) is 15.4. The van der Waals surface area contributed by atoms with Gasteiger partial charge in [-0.25, -0.2) is 4.79 Å². The molecule has 0 radical (unpaired) electrons. The highest BCUT2D eigenvalue weighted by molar-refractivity contribution is 5.24. The maximum atomic E-state index is 11.7. The van der Waals surface area contributed by atoms with Crippen molar-refractivity contribution in [1.82, 2.24) is 9.55 Å². The fourth-order valence-electron chi connectivity index (χ4n) is 2.53. The maximum absolute atomic E-state index is 11.7. The number of ether oxygens (including phenoxy) is 1. The van der Waals surface area contributed by atoms with Crippen LogP contribution in [0.1, 0.15) is 12.8 Å². The zero-order valence-electron chi connectivity index (χ0n) is 8.67. The molecule has 0 bridgehead atoms. The van der Waals surface area contributed by atoms with Crippen molar-refractivity contribution in [2.24, 2.45) is 5.92 Å². The molecule has 2 heterocycles. The molecule has 0 amide bonds. The Morgan fingerprint density at radius 1 is 1.75 bits per heavy atom. The smallest absolute Gasteiger partial charge is 0.351 e. The molecular formula is C10H13N3O3. The number of anilines is 1. The van der Waals surface area contributed by atoms with E-state index < -0.39 is 5.72 Å². The first-order valence-corrected chi connectivity index (χ1v) is 5.30. The summed E-state index contributed by atoms with van der Waals surface area (Å²) in [7, 11) is 0. The molecule has 2 fully saturated rings. The lowest BCUT2D eigenvalue weighted by Crippen LogP contribution is -2.35. The molecule has 3 rings (SSSR count). The molecule has 0 spiro atoms. The molecule has 1 saturated heterocycles. The lowest BCUT2D eigenvalue weighted by molar-refractivity contribution is -0.0658. The normalized spacial score (nSPS) is 36.1. The zero-order chi connectivity index (χ0) is 11.3. The quantitative estimate of drug-likeness (QED) is 0.690. The number of aliphatic hydroxyl groups is 1. The molecule has 1 aliphatic heterocycles. The lowest BCUT2D eigenvalue weighted by Gasteiger charge is -2.18. The zero-order valence-corrected chi connectivity index (χ0v) is 8.67. The van der Waals surface area contributed by atoms with Gasteiger partial charge >= 0.3 is 5.69 Å². The van der Waals surface area contributed by atoms with E-state index in [-0.39, 0.29) is 24.2 Å². The number of hydrogen-bond acceptors (Lipinski definition) is 5. The summed E-state index contributed by atoms with van der Waals surface area (Å²) >= 11 is 0. The van der Waals surface area contributed by atoms with Crippen LogP contribution in [0.4, 0.5) is 5.82 Å². The predicted molar refractivity (Wildman–Crippen MR) is 55.6 cm³/mol. The third-order valence-corrected chi connectivity index (χ3v) is 3.37. The van der Waals surface area contributed by atoms with Crippen molar-refractivity contribution in [1.29, 1.82) is 0 Å². The Hall–Kier alpha value is -1.40. The molecule has 0 unspecified atom stereocenters. The monoisotopic (exact) mass is 223 g/mol. The van der Waals surface area contributed by atoms with Crippen molar-refractivity contribution in [3.63, 3.8) is 0 Å². The number of aliphatic hydroxyl groups excluding tert-OH is 1. The minimum absolute atomic E-state index is 0.00456. The van der Waals surface area contributed by atoms with E-state index in [9.17, 15) is 4.79 Å². The molecule has 3 atom stereocenters. The average molecular weight is 223 g/mol. The van der Waals surface area contributed by atoms with E-state index >= 15 is 0 Å². The van der Waals surface area contributed by atoms with Crippen molar-refractivity contribution in [3.8, 4) is 0 Å². The minimum Gasteiger partial charge on any atom is -0.394 e. The molecular weight excluding hydrogens is 210 g/mol. The summed E-state index contributed by atoms with van der Waals surface area (Å²) in [5.74, 6) is 0.527. The molecule has 3 N–H and O–H groups in total. The first-order valence-electron chi connectivity index (χ1n) is 5.30. The summed E-state index contributed by atoms with van der Waals surface area (Å²) in [6, 6.07) is 1.58. The Labute approximate surface area is 91.7 Å². The number of nitrogen functional groups attached to an aromatic ring is 1. The van der Waals surface area contributed by atoms with Crippen LogP contribution in [0.15, 0.2) is 17.1 Å². The summed E-state index contributed by atoms with van der Waals surface area (Å²) in [5.41, 5.74) is 4.48. The van der Waals surface area contributed by atoms with E-state index in [1.165, 1.54) is 4.57 Å². The molecule has 16 heavy (non-hydrogen) atoms. The lowest BCUT2D eigenvalue weighted by atomic mass is 10.2. The van der Waals surface area contributed by atoms with Crippen LogP contribution in [0.5, 0.6) is 0 Å². The minimum atomic E-state index is -0.564. The third kappa shape index (κ3) is 1.20. The molecule has 1 saturated carbocycles. The molecule has 2 aliphatic rings. The fraction of sp³-hybridized carbons (Fsp3) is 0.600. The summed E-state index contributed by atoms with van der Waals surface area (Å²) in [6.45, 7) is -0.00456. The predicted octanol–water partition coefficient (Wildman–Crippen LogP) is -0.721. The number of fused-ring (bicyclic) bond motifs is 1. The number of nitrogens with two attached hydrogens (primary N) is 1. The van der Waals surface area contributed by atoms with Gasteiger partial charge in [0.2, 0.25) is 0 Å². The Morgan fingerprint density at radius 3 is 3.19 bits per heavy atom. The van der Waals surface area contributed by atoms with Gasteiger partial charge in [-0.15, -0.1) is 0 Å². The Morgan fingerprint density at radius 2 is 2.56 bits per heavy atom. The van der Waals surface area contributed by atoms with Crippen molar-refractivity contribution in [2.75, 3.05) is 12.3 Å². The van der Waals surface area contributed by atoms with Crippen molar-refractivity contribution < 1.29 is 9.84 Å². The summed E-state index contributed by atoms with van der Waals surface area (Å²) < 4.78 is 7.20. The average Bonchev–Trinajstić information content (AvgIpc) is 2.81. The highest BCUT2D eigenvalue weighted by Gasteiger charge is 2.64. The van der Waals surface area contributed by atoms with E-state index in [0.717, 1.165) is 12.8 Å². The highest BCUT2D eigenvalue weighted by Crippen LogP contribution is 2.59. The number of rotatable bonds is 2. The maximum Gasteiger partial charge on any atom is 0.351 e. The fourth-order valence-corrected chi connectivity index (χ4v) is 2.53. The highest BCUT2D eigenvalue weighted by atomic mass is 16.6. The Bertz CT molecular complexity index is 486. The number of nitrogens with zero attached hydrogens (tertiary/aromatic N) is 2. The van der Waals surface area contributed by atoms with Gasteiger partial charge in [0.1, 0.15) is 5.82 Å². The van der Waals surface area contributed by atoms with Crippen LogP contribution in [0.25, 0.3) is 0 Å². The van der Waals surface area contributed by atoms with Gasteiger partial charge in [0.05, 0.1) is 12.7 Å². The van der Waals surface area contributed by atoms with Crippen LogP contribution in [0.2, 0.25) is 0 Å². The SMILES string of the molecule is Nc1ccn([C@@]23C[C@@H]2C[C@@H](CO)O3)c(=O)n1. The third-order valence-electron chi connectivity index (χ3n) is 3.37. The summed E-state index contributed by atoms with van der Waals surface area (Å²) in [6.07, 6.45) is 3.07. The second-order valence-corrected chi connectivity index (χ2v) is 4.41. The van der Waals surface area contributed by atoms with Crippen LogP contribution in [0.3, 0.4) is 0 Å². The molecule has 1 aromatic rings. The second kappa shape index (κ2) is 3.05. The van der Waals surface area contributed by atoms with Crippen molar-refractivity contribution >= 4 is 5.82 Å². The first kappa shape index (κ1) is 9.80. The van der Waals surface area contributed by atoms with Gasteiger partial charge in [0.25, 0.3) is 0 Å². The van der Waals surface area contributed by atoms with Gasteiger partial charge in [-0.05, 0) is 12.5 Å². The van der Waals surface area contributed by atoms with Crippen molar-refractivity contribution in [3.05, 3.63) is 22.7 Å². The van der Waals surface area contributed by atoms with Gasteiger partial charge in [-0.2, -0.15) is 4.98 Å². The molecule has 1 aromatic heterocycles. The summed E-state index contributed by atoms with van der Waals surface area (Å²) in [5, 5.41) is 9.03. The standard InChI is InChI=1S/C10H13N3O3/c11-8-1-2-13(9(15)12-8)10-4-6(10)3-7(5-14)16-10/h1-2,6-7,14H,3-5H2,(H2,11,12,15)/t6-,7-,10+/m0/s1. The van der Waals surface area contributed by atoms with E-state index in [1.807, 2.05) is 0 Å². The van der Waals surface area contributed by atoms with Gasteiger partial charge in [0, 0.05) is 18.5 Å². The van der Waals surface area contributed by atoms with Gasteiger partial charge < -0.3 is 15.6 Å². The molecule has 86 valence electrons. The van der Waals surface area contributed by atoms with Gasteiger partial charge in [-0.1, -0.05) is 0 Å². The van der Waals surface area contributed by atoms with E-state index in [2.05, 4.69) is 4.98 Å². The largest absolute Gasteiger partial charge is 0.394 e.